The van der Waals surface area contributed by atoms with E-state index in [1.807, 2.05) is 0 Å². The molecule has 5 heteroatoms. The zero-order valence-corrected chi connectivity index (χ0v) is 10.7. The lowest BCUT2D eigenvalue weighted by Gasteiger charge is -2.10. The van der Waals surface area contributed by atoms with E-state index in [1.165, 1.54) is 7.11 Å². The van der Waals surface area contributed by atoms with Gasteiger partial charge in [-0.1, -0.05) is 0 Å². The van der Waals surface area contributed by atoms with Crippen molar-refractivity contribution in [3.63, 3.8) is 0 Å². The van der Waals surface area contributed by atoms with Gasteiger partial charge in [0.1, 0.15) is 10.9 Å². The highest BCUT2D eigenvalue weighted by Gasteiger charge is 2.57. The third-order valence-corrected chi connectivity index (χ3v) is 3.52. The average molecular weight is 259 g/mol. The molecule has 0 spiro atoms. The number of methoxy groups -OCH3 is 1. The summed E-state index contributed by atoms with van der Waals surface area (Å²) in [5.74, 6) is -0.0930. The van der Waals surface area contributed by atoms with Gasteiger partial charge in [0.05, 0.1) is 7.11 Å². The molecule has 1 fully saturated rings. The summed E-state index contributed by atoms with van der Waals surface area (Å²) in [6.45, 7) is 1.75. The van der Waals surface area contributed by atoms with Gasteiger partial charge in [0.2, 0.25) is 0 Å². The van der Waals surface area contributed by atoms with Crippen molar-refractivity contribution >= 4 is 22.9 Å². The monoisotopic (exact) mass is 259 g/mol. The zero-order chi connectivity index (χ0) is 13.6. The molecule has 1 aliphatic rings. The fraction of sp³-hybridized carbons (Fsp3) is 0.357. The lowest BCUT2D eigenvalue weighted by atomic mass is 9.94. The minimum atomic E-state index is -0.971. The fourth-order valence-corrected chi connectivity index (χ4v) is 2.30. The van der Waals surface area contributed by atoms with Gasteiger partial charge in [-0.2, -0.15) is 0 Å². The van der Waals surface area contributed by atoms with E-state index in [0.29, 0.717) is 35.4 Å². The summed E-state index contributed by atoms with van der Waals surface area (Å²) >= 11 is 0. The van der Waals surface area contributed by atoms with E-state index >= 15 is 0 Å². The Labute approximate surface area is 109 Å². The summed E-state index contributed by atoms with van der Waals surface area (Å²) in [6, 6.07) is 5.03. The van der Waals surface area contributed by atoms with Crippen LogP contribution < -0.4 is 0 Å². The maximum Gasteiger partial charge on any atom is 0.319 e. The van der Waals surface area contributed by atoms with Gasteiger partial charge >= 0.3 is 5.97 Å². The number of hydrogen-bond donors (Lipinski definition) is 0. The van der Waals surface area contributed by atoms with Crippen molar-refractivity contribution in [2.75, 3.05) is 7.11 Å². The number of hydrogen-bond acceptors (Lipinski definition) is 5. The van der Waals surface area contributed by atoms with Crippen LogP contribution in [-0.2, 0) is 9.53 Å². The molecule has 1 aromatic carbocycles. The fourth-order valence-electron chi connectivity index (χ4n) is 2.30. The lowest BCUT2D eigenvalue weighted by Crippen LogP contribution is -2.27. The molecule has 0 bridgehead atoms. The molecule has 2 aromatic rings. The van der Waals surface area contributed by atoms with Crippen molar-refractivity contribution in [3.8, 4) is 0 Å². The van der Waals surface area contributed by atoms with Crippen molar-refractivity contribution in [2.24, 2.45) is 5.41 Å². The molecule has 1 aromatic heterocycles. The van der Waals surface area contributed by atoms with Gasteiger partial charge in [0.25, 0.3) is 0 Å². The van der Waals surface area contributed by atoms with Crippen molar-refractivity contribution < 1.29 is 18.7 Å². The molecule has 0 atom stereocenters. The first kappa shape index (κ1) is 11.9. The molecule has 1 aliphatic carbocycles. The topological polar surface area (TPSA) is 69.4 Å². The minimum absolute atomic E-state index is 0.193. The van der Waals surface area contributed by atoms with Crippen LogP contribution in [0.3, 0.4) is 0 Å². The van der Waals surface area contributed by atoms with Crippen LogP contribution in [0.2, 0.25) is 0 Å². The second kappa shape index (κ2) is 3.91. The Bertz CT molecular complexity index is 682. The molecule has 3 rings (SSSR count). The van der Waals surface area contributed by atoms with Crippen LogP contribution in [0.25, 0.3) is 11.1 Å². The van der Waals surface area contributed by atoms with Crippen LogP contribution in [0.15, 0.2) is 22.6 Å². The molecular weight excluding hydrogens is 246 g/mol. The van der Waals surface area contributed by atoms with Crippen LogP contribution in [-0.4, -0.2) is 23.8 Å². The molecule has 0 unspecified atom stereocenters. The highest BCUT2D eigenvalue weighted by atomic mass is 16.5. The second-order valence-corrected chi connectivity index (χ2v) is 4.82. The summed E-state index contributed by atoms with van der Waals surface area (Å²) in [7, 11) is 1.31. The number of benzene rings is 1. The minimum Gasteiger partial charge on any atom is -0.468 e. The highest BCUT2D eigenvalue weighted by molar-refractivity contribution is 6.15. The number of carbonyl (C=O) groups excluding carboxylic acids is 2. The first-order valence-corrected chi connectivity index (χ1v) is 6.07. The van der Waals surface area contributed by atoms with Crippen LogP contribution in [0.1, 0.15) is 29.1 Å². The number of aromatic nitrogens is 1. The van der Waals surface area contributed by atoms with Gasteiger partial charge in [0.15, 0.2) is 17.3 Å². The molecule has 98 valence electrons. The summed E-state index contributed by atoms with van der Waals surface area (Å²) in [5, 5.41) is 0. The number of nitrogens with zero attached hydrogens (tertiary/aromatic N) is 1. The molecule has 0 amide bonds. The average Bonchev–Trinajstić information content (AvgIpc) is 3.13. The summed E-state index contributed by atoms with van der Waals surface area (Å²) in [4.78, 5) is 28.3. The number of aryl methyl sites for hydroxylation is 1. The van der Waals surface area contributed by atoms with E-state index in [1.54, 1.807) is 25.1 Å². The normalized spacial score (nSPS) is 16.3. The van der Waals surface area contributed by atoms with Gasteiger partial charge in [-0.05, 0) is 31.0 Å². The SMILES string of the molecule is COC(=O)C1(C(=O)c2ccc3oc(C)nc3c2)CC1. The molecule has 0 N–H and O–H groups in total. The van der Waals surface area contributed by atoms with Gasteiger partial charge in [-0.3, -0.25) is 9.59 Å². The summed E-state index contributed by atoms with van der Waals surface area (Å²) < 4.78 is 10.1. The van der Waals surface area contributed by atoms with Crippen LogP contribution in [0.5, 0.6) is 0 Å². The predicted octanol–water partition coefficient (Wildman–Crippen LogP) is 2.27. The number of esters is 1. The van der Waals surface area contributed by atoms with Crippen LogP contribution in [0.4, 0.5) is 0 Å². The Kier molecular flexibility index (Phi) is 2.45. The van der Waals surface area contributed by atoms with E-state index in [4.69, 9.17) is 9.15 Å². The standard InChI is InChI=1S/C14H13NO4/c1-8-15-10-7-9(3-4-11(10)19-8)12(16)14(5-6-14)13(17)18-2/h3-4,7H,5-6H2,1-2H3. The molecule has 0 radical (unpaired) electrons. The molecule has 1 saturated carbocycles. The zero-order valence-electron chi connectivity index (χ0n) is 10.7. The molecule has 19 heavy (non-hydrogen) atoms. The summed E-state index contributed by atoms with van der Waals surface area (Å²) in [5.41, 5.74) is 0.769. The number of oxazole rings is 1. The Hall–Kier alpha value is -2.17. The van der Waals surface area contributed by atoms with Gasteiger partial charge in [-0.15, -0.1) is 0 Å². The number of fused-ring (bicyclic) bond motifs is 1. The number of ketones is 1. The Morgan fingerprint density at radius 3 is 2.74 bits per heavy atom. The second-order valence-electron chi connectivity index (χ2n) is 4.82. The van der Waals surface area contributed by atoms with Crippen LogP contribution in [0, 0.1) is 12.3 Å². The highest BCUT2D eigenvalue weighted by Crippen LogP contribution is 2.49. The Morgan fingerprint density at radius 1 is 1.37 bits per heavy atom. The largest absolute Gasteiger partial charge is 0.468 e. The molecule has 1 heterocycles. The van der Waals surface area contributed by atoms with E-state index in [2.05, 4.69) is 4.98 Å². The smallest absolute Gasteiger partial charge is 0.319 e. The van der Waals surface area contributed by atoms with Crippen molar-refractivity contribution in [3.05, 3.63) is 29.7 Å². The molecule has 0 aliphatic heterocycles. The van der Waals surface area contributed by atoms with Crippen LogP contribution >= 0.6 is 0 Å². The number of carbonyl (C=O) groups is 2. The first-order valence-electron chi connectivity index (χ1n) is 6.07. The first-order chi connectivity index (χ1) is 9.06. The van der Waals surface area contributed by atoms with Gasteiger partial charge in [0, 0.05) is 12.5 Å². The molecular formula is C14H13NO4. The maximum atomic E-state index is 12.4. The Morgan fingerprint density at radius 2 is 2.11 bits per heavy atom. The Balaban J connectivity index is 2.00. The number of rotatable bonds is 3. The molecule has 0 saturated heterocycles. The van der Waals surface area contributed by atoms with Crippen molar-refractivity contribution in [1.29, 1.82) is 0 Å². The third-order valence-electron chi connectivity index (χ3n) is 3.52. The van der Waals surface area contributed by atoms with E-state index in [0.717, 1.165) is 0 Å². The van der Waals surface area contributed by atoms with E-state index < -0.39 is 11.4 Å². The molecule has 5 nitrogen and oxygen atoms in total. The number of Topliss-reactive ketones (excluding diaryl/α,β-unsaturated/α-hetero) is 1. The third kappa shape index (κ3) is 1.73. The van der Waals surface area contributed by atoms with E-state index in [9.17, 15) is 9.59 Å². The van der Waals surface area contributed by atoms with Crippen molar-refractivity contribution in [1.82, 2.24) is 4.98 Å². The van der Waals surface area contributed by atoms with Gasteiger partial charge in [-0.25, -0.2) is 4.98 Å². The number of ether oxygens (including phenoxy) is 1. The van der Waals surface area contributed by atoms with Crippen molar-refractivity contribution in [2.45, 2.75) is 19.8 Å². The quantitative estimate of drug-likeness (QED) is 0.480. The predicted molar refractivity (Wildman–Crippen MR) is 66.8 cm³/mol. The van der Waals surface area contributed by atoms with Gasteiger partial charge < -0.3 is 9.15 Å². The maximum absolute atomic E-state index is 12.4. The van der Waals surface area contributed by atoms with E-state index in [-0.39, 0.29) is 5.78 Å². The summed E-state index contributed by atoms with van der Waals surface area (Å²) in [6.07, 6.45) is 1.10. The lowest BCUT2D eigenvalue weighted by molar-refractivity contribution is -0.145.